The lowest BCUT2D eigenvalue weighted by Crippen LogP contribution is -2.69. The van der Waals surface area contributed by atoms with Crippen LogP contribution in [-0.2, 0) is 9.59 Å². The second-order valence-corrected chi connectivity index (χ2v) is 5.45. The Morgan fingerprint density at radius 2 is 2.17 bits per heavy atom. The molecule has 2 aliphatic heterocycles. The SMILES string of the molecule is CCC(C)CN1CC2NCCC(=O)N2C(C)C1=O. The summed E-state index contributed by atoms with van der Waals surface area (Å²) in [4.78, 5) is 27.8. The number of rotatable bonds is 3. The van der Waals surface area contributed by atoms with E-state index in [-0.39, 0.29) is 24.0 Å². The minimum absolute atomic E-state index is 0.00278. The van der Waals surface area contributed by atoms with Gasteiger partial charge < -0.3 is 9.80 Å². The van der Waals surface area contributed by atoms with Crippen molar-refractivity contribution >= 4 is 11.8 Å². The molecular weight excluding hydrogens is 230 g/mol. The molecule has 2 heterocycles. The summed E-state index contributed by atoms with van der Waals surface area (Å²) in [5.74, 6) is 0.693. The van der Waals surface area contributed by atoms with Crippen LogP contribution in [0, 0.1) is 5.92 Å². The van der Waals surface area contributed by atoms with Crippen LogP contribution in [0.5, 0.6) is 0 Å². The lowest BCUT2D eigenvalue weighted by molar-refractivity contribution is -0.159. The van der Waals surface area contributed by atoms with E-state index in [9.17, 15) is 9.59 Å². The summed E-state index contributed by atoms with van der Waals surface area (Å²) in [6, 6.07) is -0.326. The number of nitrogens with zero attached hydrogens (tertiary/aromatic N) is 2. The summed E-state index contributed by atoms with van der Waals surface area (Å²) in [6.45, 7) is 8.27. The first-order chi connectivity index (χ1) is 8.54. The summed E-state index contributed by atoms with van der Waals surface area (Å²) in [5, 5.41) is 3.33. The number of piperazine rings is 1. The van der Waals surface area contributed by atoms with E-state index in [1.807, 2.05) is 11.8 Å². The average molecular weight is 253 g/mol. The number of nitrogens with one attached hydrogen (secondary N) is 1. The van der Waals surface area contributed by atoms with Gasteiger partial charge in [0.05, 0.1) is 6.54 Å². The van der Waals surface area contributed by atoms with Crippen LogP contribution in [0.2, 0.25) is 0 Å². The number of hydrogen-bond acceptors (Lipinski definition) is 3. The van der Waals surface area contributed by atoms with Crippen LogP contribution in [0.4, 0.5) is 0 Å². The second kappa shape index (κ2) is 5.26. The largest absolute Gasteiger partial charge is 0.337 e. The number of hydrogen-bond donors (Lipinski definition) is 1. The minimum Gasteiger partial charge on any atom is -0.337 e. The van der Waals surface area contributed by atoms with E-state index in [1.54, 1.807) is 4.90 Å². The third kappa shape index (κ3) is 2.36. The Labute approximate surface area is 108 Å². The summed E-state index contributed by atoms with van der Waals surface area (Å²) in [5.41, 5.74) is 0. The number of carbonyl (C=O) groups excluding carboxylic acids is 2. The normalized spacial score (nSPS) is 30.4. The zero-order chi connectivity index (χ0) is 13.3. The van der Waals surface area contributed by atoms with E-state index < -0.39 is 0 Å². The van der Waals surface area contributed by atoms with Gasteiger partial charge in [-0.1, -0.05) is 20.3 Å². The van der Waals surface area contributed by atoms with E-state index in [0.29, 0.717) is 18.9 Å². The molecule has 1 N–H and O–H groups in total. The molecule has 102 valence electrons. The molecule has 0 spiro atoms. The molecule has 3 unspecified atom stereocenters. The molecule has 3 atom stereocenters. The summed E-state index contributed by atoms with van der Waals surface area (Å²) >= 11 is 0. The Balaban J connectivity index is 2.09. The Bertz CT molecular complexity index is 345. The van der Waals surface area contributed by atoms with Crippen molar-refractivity contribution in [3.05, 3.63) is 0 Å². The van der Waals surface area contributed by atoms with Gasteiger partial charge in [0.1, 0.15) is 12.2 Å². The first-order valence-corrected chi connectivity index (χ1v) is 6.88. The van der Waals surface area contributed by atoms with Crippen molar-refractivity contribution in [1.29, 1.82) is 0 Å². The quantitative estimate of drug-likeness (QED) is 0.792. The van der Waals surface area contributed by atoms with Crippen LogP contribution in [-0.4, -0.2) is 53.5 Å². The van der Waals surface area contributed by atoms with Gasteiger partial charge in [0.25, 0.3) is 0 Å². The Hall–Kier alpha value is -1.10. The summed E-state index contributed by atoms with van der Waals surface area (Å²) in [7, 11) is 0. The zero-order valence-electron chi connectivity index (χ0n) is 11.5. The monoisotopic (exact) mass is 253 g/mol. The van der Waals surface area contributed by atoms with Gasteiger partial charge in [-0.15, -0.1) is 0 Å². The average Bonchev–Trinajstić information content (AvgIpc) is 2.35. The van der Waals surface area contributed by atoms with Crippen LogP contribution < -0.4 is 5.32 Å². The molecule has 5 heteroatoms. The molecule has 0 aliphatic carbocycles. The van der Waals surface area contributed by atoms with Crippen molar-refractivity contribution < 1.29 is 9.59 Å². The third-order valence-corrected chi connectivity index (χ3v) is 4.05. The van der Waals surface area contributed by atoms with Crippen LogP contribution in [0.3, 0.4) is 0 Å². The zero-order valence-corrected chi connectivity index (χ0v) is 11.5. The highest BCUT2D eigenvalue weighted by Crippen LogP contribution is 2.20. The second-order valence-electron chi connectivity index (χ2n) is 5.45. The molecule has 5 nitrogen and oxygen atoms in total. The van der Waals surface area contributed by atoms with Crippen LogP contribution >= 0.6 is 0 Å². The van der Waals surface area contributed by atoms with Crippen molar-refractivity contribution in [2.24, 2.45) is 5.92 Å². The third-order valence-electron chi connectivity index (χ3n) is 4.05. The van der Waals surface area contributed by atoms with Gasteiger partial charge in [0.15, 0.2) is 0 Å². The molecule has 2 amide bonds. The summed E-state index contributed by atoms with van der Waals surface area (Å²) < 4.78 is 0. The molecule has 2 aliphatic rings. The predicted octanol–water partition coefficient (Wildman–Crippen LogP) is 0.411. The molecule has 0 bridgehead atoms. The first kappa shape index (κ1) is 13.3. The highest BCUT2D eigenvalue weighted by Gasteiger charge is 2.42. The summed E-state index contributed by atoms with van der Waals surface area (Å²) in [6.07, 6.45) is 1.57. The molecule has 2 rings (SSSR count). The molecule has 18 heavy (non-hydrogen) atoms. The van der Waals surface area contributed by atoms with Gasteiger partial charge >= 0.3 is 0 Å². The molecule has 0 radical (unpaired) electrons. The van der Waals surface area contributed by atoms with Gasteiger partial charge in [-0.25, -0.2) is 0 Å². The molecule has 0 aromatic heterocycles. The van der Waals surface area contributed by atoms with E-state index in [0.717, 1.165) is 19.5 Å². The van der Waals surface area contributed by atoms with Crippen molar-refractivity contribution in [3.63, 3.8) is 0 Å². The fourth-order valence-electron chi connectivity index (χ4n) is 2.74. The van der Waals surface area contributed by atoms with Crippen LogP contribution in [0.15, 0.2) is 0 Å². The number of fused-ring (bicyclic) bond motifs is 1. The highest BCUT2D eigenvalue weighted by atomic mass is 16.2. The van der Waals surface area contributed by atoms with Gasteiger partial charge in [0, 0.05) is 19.5 Å². The molecule has 2 saturated heterocycles. The lowest BCUT2D eigenvalue weighted by Gasteiger charge is -2.47. The van der Waals surface area contributed by atoms with Crippen LogP contribution in [0.25, 0.3) is 0 Å². The van der Waals surface area contributed by atoms with Crippen molar-refractivity contribution in [2.75, 3.05) is 19.6 Å². The van der Waals surface area contributed by atoms with E-state index in [2.05, 4.69) is 19.2 Å². The molecule has 2 fully saturated rings. The first-order valence-electron chi connectivity index (χ1n) is 6.88. The van der Waals surface area contributed by atoms with E-state index in [1.165, 1.54) is 0 Å². The maximum Gasteiger partial charge on any atom is 0.245 e. The van der Waals surface area contributed by atoms with Crippen LogP contribution in [0.1, 0.15) is 33.6 Å². The van der Waals surface area contributed by atoms with Gasteiger partial charge in [0.2, 0.25) is 11.8 Å². The Morgan fingerprint density at radius 1 is 1.44 bits per heavy atom. The van der Waals surface area contributed by atoms with E-state index in [4.69, 9.17) is 0 Å². The minimum atomic E-state index is -0.326. The maximum absolute atomic E-state index is 12.3. The fourth-order valence-corrected chi connectivity index (χ4v) is 2.74. The van der Waals surface area contributed by atoms with E-state index >= 15 is 0 Å². The molecule has 0 saturated carbocycles. The highest BCUT2D eigenvalue weighted by molar-refractivity contribution is 5.89. The van der Waals surface area contributed by atoms with Gasteiger partial charge in [-0.05, 0) is 12.8 Å². The smallest absolute Gasteiger partial charge is 0.245 e. The molecule has 0 aromatic carbocycles. The fraction of sp³-hybridized carbons (Fsp3) is 0.846. The van der Waals surface area contributed by atoms with Crippen molar-refractivity contribution in [3.8, 4) is 0 Å². The van der Waals surface area contributed by atoms with Crippen molar-refractivity contribution in [1.82, 2.24) is 15.1 Å². The maximum atomic E-state index is 12.3. The predicted molar refractivity (Wildman–Crippen MR) is 68.8 cm³/mol. The number of amides is 2. The number of carbonyl (C=O) groups is 2. The van der Waals surface area contributed by atoms with Crippen molar-refractivity contribution in [2.45, 2.75) is 45.8 Å². The lowest BCUT2D eigenvalue weighted by atomic mass is 10.0. The Kier molecular flexibility index (Phi) is 3.90. The Morgan fingerprint density at radius 3 is 2.83 bits per heavy atom. The van der Waals surface area contributed by atoms with Gasteiger partial charge in [-0.2, -0.15) is 0 Å². The molecular formula is C13H23N3O2. The van der Waals surface area contributed by atoms with Gasteiger partial charge in [-0.3, -0.25) is 14.9 Å². The topological polar surface area (TPSA) is 52.7 Å². The standard InChI is InChI=1S/C13H23N3O2/c1-4-9(2)7-15-8-11-14-6-5-12(17)16(11)10(3)13(15)18/h9-11,14H,4-8H2,1-3H3. The molecule has 0 aromatic rings.